The van der Waals surface area contributed by atoms with Crippen LogP contribution in [0.15, 0.2) is 51.7 Å². The van der Waals surface area contributed by atoms with Gasteiger partial charge in [0.05, 0.1) is 5.56 Å². The summed E-state index contributed by atoms with van der Waals surface area (Å²) in [7, 11) is 0. The van der Waals surface area contributed by atoms with E-state index in [1.807, 2.05) is 26.0 Å². The average molecular weight is 343 g/mol. The summed E-state index contributed by atoms with van der Waals surface area (Å²) in [5.74, 6) is -0.437. The van der Waals surface area contributed by atoms with E-state index in [2.05, 4.69) is 0 Å². The Labute approximate surface area is 143 Å². The maximum atomic E-state index is 12.2. The van der Waals surface area contributed by atoms with Crippen molar-refractivity contribution in [3.63, 3.8) is 0 Å². The van der Waals surface area contributed by atoms with Gasteiger partial charge in [-0.05, 0) is 43.2 Å². The summed E-state index contributed by atoms with van der Waals surface area (Å²) in [4.78, 5) is 24.0. The lowest BCUT2D eigenvalue weighted by Crippen LogP contribution is -2.09. The lowest BCUT2D eigenvalue weighted by atomic mass is 10.1. The third kappa shape index (κ3) is 3.19. The molecule has 2 aromatic carbocycles. The molecule has 0 radical (unpaired) electrons. The van der Waals surface area contributed by atoms with Crippen molar-refractivity contribution in [3.8, 4) is 0 Å². The molecule has 122 valence electrons. The number of hydrogen-bond acceptors (Lipinski definition) is 4. The van der Waals surface area contributed by atoms with Crippen molar-refractivity contribution < 1.29 is 13.9 Å². The number of benzene rings is 2. The van der Waals surface area contributed by atoms with Gasteiger partial charge in [-0.3, -0.25) is 0 Å². The van der Waals surface area contributed by atoms with Crippen molar-refractivity contribution in [3.05, 3.63) is 80.2 Å². The number of hydrogen-bond donors (Lipinski definition) is 0. The molecule has 5 heteroatoms. The zero-order valence-corrected chi connectivity index (χ0v) is 14.0. The van der Waals surface area contributed by atoms with E-state index in [0.29, 0.717) is 27.1 Å². The predicted octanol–water partition coefficient (Wildman–Crippen LogP) is 4.42. The monoisotopic (exact) mass is 342 g/mol. The van der Waals surface area contributed by atoms with Crippen LogP contribution in [-0.4, -0.2) is 5.97 Å². The Bertz CT molecular complexity index is 988. The van der Waals surface area contributed by atoms with Crippen LogP contribution in [0.5, 0.6) is 0 Å². The molecule has 0 atom stereocenters. The van der Waals surface area contributed by atoms with Crippen molar-refractivity contribution in [2.24, 2.45) is 0 Å². The number of fused-ring (bicyclic) bond motifs is 1. The summed E-state index contributed by atoms with van der Waals surface area (Å²) in [5, 5.41) is 1.21. The maximum Gasteiger partial charge on any atom is 0.338 e. The van der Waals surface area contributed by atoms with Gasteiger partial charge in [0.1, 0.15) is 12.2 Å². The summed E-state index contributed by atoms with van der Waals surface area (Å²) in [5.41, 5.74) is 2.63. The zero-order chi connectivity index (χ0) is 17.3. The molecule has 1 aromatic heterocycles. The highest BCUT2D eigenvalue weighted by molar-refractivity contribution is 6.32. The van der Waals surface area contributed by atoms with Gasteiger partial charge in [0.2, 0.25) is 0 Å². The van der Waals surface area contributed by atoms with E-state index in [1.165, 1.54) is 6.07 Å². The highest BCUT2D eigenvalue weighted by Gasteiger charge is 2.13. The van der Waals surface area contributed by atoms with Crippen LogP contribution in [-0.2, 0) is 11.3 Å². The van der Waals surface area contributed by atoms with Gasteiger partial charge in [-0.25, -0.2) is 9.59 Å². The van der Waals surface area contributed by atoms with Gasteiger partial charge in [-0.15, -0.1) is 0 Å². The van der Waals surface area contributed by atoms with Crippen LogP contribution in [0.4, 0.5) is 0 Å². The van der Waals surface area contributed by atoms with Crippen molar-refractivity contribution in [1.82, 2.24) is 0 Å². The Kier molecular flexibility index (Phi) is 4.40. The van der Waals surface area contributed by atoms with Gasteiger partial charge in [-0.2, -0.15) is 0 Å². The molecule has 4 nitrogen and oxygen atoms in total. The molecule has 3 aromatic rings. The van der Waals surface area contributed by atoms with Crippen LogP contribution < -0.4 is 5.63 Å². The van der Waals surface area contributed by atoms with Gasteiger partial charge in [0, 0.05) is 22.0 Å². The fourth-order valence-electron chi connectivity index (χ4n) is 2.49. The second kappa shape index (κ2) is 6.49. The number of carbonyl (C=O) groups excluding carboxylic acids is 1. The standard InChI is InChI=1S/C19H15ClO4/c1-11-5-3-4-6-14(11)19(22)23-10-13-8-18(21)24-17-7-12(2)16(20)9-15(13)17/h3-9H,10H2,1-2H3. The van der Waals surface area contributed by atoms with Crippen LogP contribution in [0.3, 0.4) is 0 Å². The first-order valence-corrected chi connectivity index (χ1v) is 7.79. The van der Waals surface area contributed by atoms with E-state index in [0.717, 1.165) is 11.1 Å². The number of esters is 1. The predicted molar refractivity (Wildman–Crippen MR) is 92.5 cm³/mol. The van der Waals surface area contributed by atoms with Crippen LogP contribution in [0.1, 0.15) is 27.0 Å². The first-order valence-electron chi connectivity index (χ1n) is 7.41. The zero-order valence-electron chi connectivity index (χ0n) is 13.3. The molecule has 0 aliphatic carbocycles. The van der Waals surface area contributed by atoms with Crippen molar-refractivity contribution in [2.75, 3.05) is 0 Å². The van der Waals surface area contributed by atoms with Crippen LogP contribution in [0, 0.1) is 13.8 Å². The number of ether oxygens (including phenoxy) is 1. The fourth-order valence-corrected chi connectivity index (χ4v) is 2.65. The van der Waals surface area contributed by atoms with E-state index < -0.39 is 11.6 Å². The number of halogens is 1. The number of aryl methyl sites for hydroxylation is 2. The molecule has 0 spiro atoms. The van der Waals surface area contributed by atoms with Gasteiger partial charge in [0.25, 0.3) is 0 Å². The van der Waals surface area contributed by atoms with E-state index in [9.17, 15) is 9.59 Å². The number of carbonyl (C=O) groups is 1. The summed E-state index contributed by atoms with van der Waals surface area (Å²) < 4.78 is 10.6. The molecule has 0 fully saturated rings. The van der Waals surface area contributed by atoms with Gasteiger partial charge in [-0.1, -0.05) is 29.8 Å². The van der Waals surface area contributed by atoms with Crippen molar-refractivity contribution in [2.45, 2.75) is 20.5 Å². The largest absolute Gasteiger partial charge is 0.457 e. The molecule has 0 aliphatic heterocycles. The lowest BCUT2D eigenvalue weighted by Gasteiger charge is -2.09. The third-order valence-electron chi connectivity index (χ3n) is 3.83. The Hall–Kier alpha value is -2.59. The first kappa shape index (κ1) is 16.3. The van der Waals surface area contributed by atoms with E-state index in [4.69, 9.17) is 20.8 Å². The molecule has 1 heterocycles. The van der Waals surface area contributed by atoms with Crippen LogP contribution in [0.25, 0.3) is 11.0 Å². The maximum absolute atomic E-state index is 12.2. The minimum absolute atomic E-state index is 0.0331. The molecule has 0 bridgehead atoms. The van der Waals surface area contributed by atoms with Gasteiger partial charge >= 0.3 is 11.6 Å². The summed E-state index contributed by atoms with van der Waals surface area (Å²) in [6.07, 6.45) is 0. The van der Waals surface area contributed by atoms with Crippen molar-refractivity contribution >= 4 is 28.5 Å². The first-order chi connectivity index (χ1) is 11.5. The molecule has 0 aliphatic rings. The highest BCUT2D eigenvalue weighted by Crippen LogP contribution is 2.25. The molecule has 24 heavy (non-hydrogen) atoms. The quantitative estimate of drug-likeness (QED) is 0.522. The second-order valence-electron chi connectivity index (χ2n) is 5.58. The Morgan fingerprint density at radius 2 is 1.88 bits per heavy atom. The van der Waals surface area contributed by atoms with Gasteiger partial charge < -0.3 is 9.15 Å². The van der Waals surface area contributed by atoms with Crippen molar-refractivity contribution in [1.29, 1.82) is 0 Å². The summed E-state index contributed by atoms with van der Waals surface area (Å²) in [6, 6.07) is 11.9. The van der Waals surface area contributed by atoms with E-state index >= 15 is 0 Å². The Balaban J connectivity index is 1.93. The molecular formula is C19H15ClO4. The molecule has 0 unspecified atom stereocenters. The average Bonchev–Trinajstić information content (AvgIpc) is 2.54. The van der Waals surface area contributed by atoms with E-state index in [-0.39, 0.29) is 6.61 Å². The molecule has 0 amide bonds. The molecule has 0 saturated carbocycles. The second-order valence-corrected chi connectivity index (χ2v) is 5.99. The molecule has 3 rings (SSSR count). The van der Waals surface area contributed by atoms with E-state index in [1.54, 1.807) is 24.3 Å². The fraction of sp³-hybridized carbons (Fsp3) is 0.158. The molecule has 0 saturated heterocycles. The smallest absolute Gasteiger partial charge is 0.338 e. The number of rotatable bonds is 3. The lowest BCUT2D eigenvalue weighted by molar-refractivity contribution is 0.0473. The summed E-state index contributed by atoms with van der Waals surface area (Å²) in [6.45, 7) is 3.63. The molecular weight excluding hydrogens is 328 g/mol. The SMILES string of the molecule is Cc1cc2oc(=O)cc(COC(=O)c3ccccc3C)c2cc1Cl. The van der Waals surface area contributed by atoms with Gasteiger partial charge in [0.15, 0.2) is 0 Å². The highest BCUT2D eigenvalue weighted by atomic mass is 35.5. The Morgan fingerprint density at radius 1 is 1.12 bits per heavy atom. The minimum Gasteiger partial charge on any atom is -0.457 e. The summed E-state index contributed by atoms with van der Waals surface area (Å²) >= 11 is 6.15. The van der Waals surface area contributed by atoms with Crippen LogP contribution in [0.2, 0.25) is 5.02 Å². The molecule has 0 N–H and O–H groups in total. The topological polar surface area (TPSA) is 56.5 Å². The minimum atomic E-state index is -0.494. The Morgan fingerprint density at radius 3 is 2.62 bits per heavy atom. The normalized spacial score (nSPS) is 10.8. The van der Waals surface area contributed by atoms with Crippen LogP contribution >= 0.6 is 11.6 Å². The third-order valence-corrected chi connectivity index (χ3v) is 4.24.